The van der Waals surface area contributed by atoms with Gasteiger partial charge in [0.15, 0.2) is 0 Å². The molecule has 0 radical (unpaired) electrons. The molecule has 0 spiro atoms. The molecule has 39 heavy (non-hydrogen) atoms. The molecule has 5 amide bonds. The number of carbonyl (C=O) groups is 4. The predicted octanol–water partition coefficient (Wildman–Crippen LogP) is 3.47. The minimum Gasteiger partial charge on any atom is -0.366 e. The van der Waals surface area contributed by atoms with Gasteiger partial charge in [0.25, 0.3) is 0 Å². The Kier molecular flexibility index (Phi) is 10.8. The summed E-state index contributed by atoms with van der Waals surface area (Å²) < 4.78 is 0. The molecule has 0 aromatic heterocycles. The van der Waals surface area contributed by atoms with E-state index in [1.807, 2.05) is 27.0 Å². The van der Waals surface area contributed by atoms with Gasteiger partial charge in [0.1, 0.15) is 12.1 Å². The lowest BCUT2D eigenvalue weighted by molar-refractivity contribution is -0.142. The topological polar surface area (TPSA) is 134 Å². The van der Waals surface area contributed by atoms with Crippen LogP contribution in [0.5, 0.6) is 0 Å². The van der Waals surface area contributed by atoms with Crippen LogP contribution in [0.4, 0.5) is 4.79 Å². The van der Waals surface area contributed by atoms with Crippen molar-refractivity contribution in [1.29, 1.82) is 0 Å². The first-order chi connectivity index (χ1) is 18.4. The number of rotatable bonds is 11. The van der Waals surface area contributed by atoms with Crippen LogP contribution in [0.3, 0.4) is 0 Å². The fourth-order valence-corrected chi connectivity index (χ4v) is 6.98. The molecule has 1 aliphatic heterocycles. The third-order valence-electron chi connectivity index (χ3n) is 8.39. The van der Waals surface area contributed by atoms with Gasteiger partial charge in [-0.05, 0) is 56.6 Å². The smallest absolute Gasteiger partial charge is 0.315 e. The summed E-state index contributed by atoms with van der Waals surface area (Å²) in [5, 5.41) is 9.25. The zero-order valence-corrected chi connectivity index (χ0v) is 25.3. The third-order valence-corrected chi connectivity index (χ3v) is 9.23. The second kappa shape index (κ2) is 13.4. The minimum atomic E-state index is -0.792. The number of urea groups is 1. The molecule has 9 nitrogen and oxygen atoms in total. The van der Waals surface area contributed by atoms with Crippen LogP contribution >= 0.6 is 11.8 Å². The second-order valence-electron chi connectivity index (χ2n) is 12.7. The molecule has 3 aliphatic rings. The first-order valence-corrected chi connectivity index (χ1v) is 15.9. The Labute approximate surface area is 238 Å². The largest absolute Gasteiger partial charge is 0.366 e. The number of nitrogens with one attached hydrogen (secondary N) is 3. The standard InChI is InChI=1S/C29H49N5O4S/c1-6-20(24(30)35)21(17-19-12-13-19)31-25(36)22-11-10-16-34(22)26(37)23(28(2,3)4)32-27(38)33-29(18-39-5)14-8-7-9-15-29/h6,19,21-23H,7-18H2,1-5H3,(H2,30,35)(H,31,36)(H2,32,33,38)/t21?,22?,23-/m1/s1. The molecule has 0 aromatic rings. The molecule has 3 fully saturated rings. The highest BCUT2D eigenvalue weighted by atomic mass is 32.2. The number of allylic oxidation sites excluding steroid dienone is 1. The van der Waals surface area contributed by atoms with Gasteiger partial charge in [-0.15, -0.1) is 0 Å². The summed E-state index contributed by atoms with van der Waals surface area (Å²) in [6.07, 6.45) is 13.0. The van der Waals surface area contributed by atoms with Crippen LogP contribution < -0.4 is 21.7 Å². The van der Waals surface area contributed by atoms with E-state index in [0.717, 1.165) is 44.3 Å². The summed E-state index contributed by atoms with van der Waals surface area (Å²) in [6, 6.07) is -2.24. The van der Waals surface area contributed by atoms with Gasteiger partial charge in [0, 0.05) is 17.9 Å². The molecule has 2 saturated carbocycles. The molecule has 0 aromatic carbocycles. The van der Waals surface area contributed by atoms with Crippen molar-refractivity contribution < 1.29 is 19.2 Å². The summed E-state index contributed by atoms with van der Waals surface area (Å²) >= 11 is 1.73. The van der Waals surface area contributed by atoms with Gasteiger partial charge >= 0.3 is 6.03 Å². The van der Waals surface area contributed by atoms with Crippen LogP contribution in [0, 0.1) is 11.3 Å². The van der Waals surface area contributed by atoms with E-state index >= 15 is 0 Å². The van der Waals surface area contributed by atoms with Crippen LogP contribution in [0.15, 0.2) is 11.6 Å². The minimum absolute atomic E-state index is 0.252. The molecule has 0 bridgehead atoms. The lowest BCUT2D eigenvalue weighted by Gasteiger charge is -2.40. The van der Waals surface area contributed by atoms with Gasteiger partial charge < -0.3 is 26.6 Å². The lowest BCUT2D eigenvalue weighted by atomic mass is 9.83. The highest BCUT2D eigenvalue weighted by molar-refractivity contribution is 7.98. The molecule has 3 rings (SSSR count). The normalized spacial score (nSPS) is 23.1. The Morgan fingerprint density at radius 2 is 1.72 bits per heavy atom. The summed E-state index contributed by atoms with van der Waals surface area (Å²) in [4.78, 5) is 54.4. The van der Waals surface area contributed by atoms with Crippen molar-refractivity contribution in [3.63, 3.8) is 0 Å². The number of hydrogen-bond acceptors (Lipinski definition) is 5. The van der Waals surface area contributed by atoms with E-state index in [0.29, 0.717) is 37.3 Å². The monoisotopic (exact) mass is 563 g/mol. The molecule has 3 atom stereocenters. The van der Waals surface area contributed by atoms with E-state index in [2.05, 4.69) is 16.0 Å². The van der Waals surface area contributed by atoms with Gasteiger partial charge in [0.05, 0.1) is 11.6 Å². The van der Waals surface area contributed by atoms with Crippen molar-refractivity contribution in [3.8, 4) is 0 Å². The van der Waals surface area contributed by atoms with Crippen LogP contribution in [-0.4, -0.2) is 70.9 Å². The van der Waals surface area contributed by atoms with Crippen molar-refractivity contribution in [1.82, 2.24) is 20.9 Å². The molecule has 10 heteroatoms. The molecule has 5 N–H and O–H groups in total. The van der Waals surface area contributed by atoms with Gasteiger partial charge in [-0.2, -0.15) is 11.8 Å². The molecule has 1 heterocycles. The maximum atomic E-state index is 13.9. The van der Waals surface area contributed by atoms with Crippen molar-refractivity contribution in [2.24, 2.45) is 17.1 Å². The summed E-state index contributed by atoms with van der Waals surface area (Å²) in [7, 11) is 0. The Bertz CT molecular complexity index is 931. The summed E-state index contributed by atoms with van der Waals surface area (Å²) in [6.45, 7) is 7.98. The van der Waals surface area contributed by atoms with Crippen LogP contribution in [0.1, 0.15) is 91.9 Å². The Morgan fingerprint density at radius 1 is 1.05 bits per heavy atom. The zero-order chi connectivity index (χ0) is 28.8. The van der Waals surface area contributed by atoms with E-state index in [1.54, 1.807) is 29.7 Å². The van der Waals surface area contributed by atoms with Gasteiger partial charge in [-0.25, -0.2) is 4.79 Å². The Hall–Kier alpha value is -2.23. The van der Waals surface area contributed by atoms with E-state index in [1.165, 1.54) is 6.42 Å². The first kappa shape index (κ1) is 31.3. The van der Waals surface area contributed by atoms with Crippen molar-refractivity contribution in [3.05, 3.63) is 11.6 Å². The molecular formula is C29H49N5O4S. The van der Waals surface area contributed by atoms with Gasteiger partial charge in [0.2, 0.25) is 17.7 Å². The van der Waals surface area contributed by atoms with E-state index in [-0.39, 0.29) is 23.4 Å². The summed E-state index contributed by atoms with van der Waals surface area (Å²) in [5.74, 6) is 0.244. The summed E-state index contributed by atoms with van der Waals surface area (Å²) in [5.41, 5.74) is 5.19. The van der Waals surface area contributed by atoms with Crippen LogP contribution in [0.25, 0.3) is 0 Å². The highest BCUT2D eigenvalue weighted by Gasteiger charge is 2.43. The third kappa shape index (κ3) is 8.38. The molecule has 220 valence electrons. The first-order valence-electron chi connectivity index (χ1n) is 14.6. The Morgan fingerprint density at radius 3 is 2.26 bits per heavy atom. The zero-order valence-electron chi connectivity index (χ0n) is 24.4. The quantitative estimate of drug-likeness (QED) is 0.286. The average molecular weight is 564 g/mol. The molecule has 2 aliphatic carbocycles. The molecule has 1 saturated heterocycles. The van der Waals surface area contributed by atoms with E-state index < -0.39 is 29.4 Å². The molecule has 2 unspecified atom stereocenters. The van der Waals surface area contributed by atoms with Crippen molar-refractivity contribution >= 4 is 35.5 Å². The van der Waals surface area contributed by atoms with Crippen molar-refractivity contribution in [2.75, 3.05) is 18.6 Å². The average Bonchev–Trinajstić information content (AvgIpc) is 3.53. The van der Waals surface area contributed by atoms with Gasteiger partial charge in [-0.1, -0.05) is 59.0 Å². The number of nitrogens with zero attached hydrogens (tertiary/aromatic N) is 1. The van der Waals surface area contributed by atoms with Crippen molar-refractivity contribution in [2.45, 2.75) is 116 Å². The highest BCUT2D eigenvalue weighted by Crippen LogP contribution is 2.35. The number of amides is 5. The SMILES string of the molecule is CC=C(C(N)=O)C(CC1CC1)NC(=O)C1CCCN1C(=O)[C@@H](NC(=O)NC1(CSC)CCCCC1)C(C)(C)C. The maximum Gasteiger partial charge on any atom is 0.315 e. The van der Waals surface area contributed by atoms with E-state index in [4.69, 9.17) is 5.73 Å². The van der Waals surface area contributed by atoms with Gasteiger partial charge in [-0.3, -0.25) is 14.4 Å². The fraction of sp³-hybridized carbons (Fsp3) is 0.793. The molecular weight excluding hydrogens is 514 g/mol. The predicted molar refractivity (Wildman–Crippen MR) is 156 cm³/mol. The number of primary amides is 1. The number of carbonyl (C=O) groups excluding carboxylic acids is 4. The number of nitrogens with two attached hydrogens (primary N) is 1. The number of thioether (sulfide) groups is 1. The second-order valence-corrected chi connectivity index (χ2v) is 13.6. The fourth-order valence-electron chi connectivity index (χ4n) is 6.07. The number of hydrogen-bond donors (Lipinski definition) is 4. The number of likely N-dealkylation sites (tertiary alicyclic amines) is 1. The van der Waals surface area contributed by atoms with E-state index in [9.17, 15) is 19.2 Å². The Balaban J connectivity index is 1.72. The van der Waals surface area contributed by atoms with Crippen LogP contribution in [-0.2, 0) is 14.4 Å². The lowest BCUT2D eigenvalue weighted by Crippen LogP contribution is -2.62. The van der Waals surface area contributed by atoms with Crippen LogP contribution in [0.2, 0.25) is 0 Å². The maximum absolute atomic E-state index is 13.9.